The number of carbonyl (C=O) groups excluding carboxylic acids is 3. The Balaban J connectivity index is 4.67. The van der Waals surface area contributed by atoms with Crippen molar-refractivity contribution in [2.45, 2.75) is 77.2 Å². The van der Waals surface area contributed by atoms with E-state index in [2.05, 4.69) is 33.5 Å². The van der Waals surface area contributed by atoms with Crippen LogP contribution in [0.25, 0.3) is 0 Å². The van der Waals surface area contributed by atoms with E-state index in [0.29, 0.717) is 17.9 Å². The van der Waals surface area contributed by atoms with Gasteiger partial charge in [0.1, 0.15) is 0 Å². The predicted octanol–water partition coefficient (Wildman–Crippen LogP) is -0.285. The molecule has 31 heavy (non-hydrogen) atoms. The lowest BCUT2D eigenvalue weighted by Gasteiger charge is -2.22. The minimum absolute atomic E-state index is 0.0482. The molecule has 0 aromatic carbocycles. The second-order valence-electron chi connectivity index (χ2n) is 7.62. The molecule has 12 heteroatoms. The summed E-state index contributed by atoms with van der Waals surface area (Å²) >= 11 is 5.29. The Morgan fingerprint density at radius 1 is 1.00 bits per heavy atom. The highest BCUT2D eigenvalue weighted by Gasteiger charge is 2.24. The SMILES string of the molecule is CC(=O)[C@H](CSCC[C@H](NC(C)C)C(=O)NC[C@@H](C)O)NC(=O)[C@H](CCC(=O)O)NS. The van der Waals surface area contributed by atoms with Crippen molar-refractivity contribution in [3.63, 3.8) is 0 Å². The van der Waals surface area contributed by atoms with Crippen molar-refractivity contribution in [3.8, 4) is 0 Å². The Morgan fingerprint density at radius 2 is 1.65 bits per heavy atom. The third-order valence-corrected chi connectivity index (χ3v) is 5.59. The van der Waals surface area contributed by atoms with Gasteiger partial charge in [-0.2, -0.15) is 11.8 Å². The average molecular weight is 481 g/mol. The van der Waals surface area contributed by atoms with Crippen LogP contribution in [0.15, 0.2) is 0 Å². The second-order valence-corrected chi connectivity index (χ2v) is 9.03. The van der Waals surface area contributed by atoms with E-state index in [9.17, 15) is 24.3 Å². The van der Waals surface area contributed by atoms with E-state index >= 15 is 0 Å². The Kier molecular flexibility index (Phi) is 15.6. The number of aliphatic hydroxyl groups excluding tert-OH is 1. The summed E-state index contributed by atoms with van der Waals surface area (Å²) < 4.78 is 2.46. The van der Waals surface area contributed by atoms with Crippen LogP contribution in [0.4, 0.5) is 0 Å². The maximum Gasteiger partial charge on any atom is 0.303 e. The van der Waals surface area contributed by atoms with Gasteiger partial charge >= 0.3 is 5.97 Å². The normalized spacial score (nSPS) is 15.1. The quantitative estimate of drug-likeness (QED) is 0.110. The van der Waals surface area contributed by atoms with Gasteiger partial charge in [-0.25, -0.2) is 0 Å². The number of thiol groups is 1. The van der Waals surface area contributed by atoms with E-state index in [1.54, 1.807) is 6.92 Å². The van der Waals surface area contributed by atoms with Crippen LogP contribution in [0.5, 0.6) is 0 Å². The van der Waals surface area contributed by atoms with E-state index in [1.807, 2.05) is 13.8 Å². The fraction of sp³-hybridized carbons (Fsp3) is 0.789. The molecule has 0 bridgehead atoms. The van der Waals surface area contributed by atoms with Crippen molar-refractivity contribution >= 4 is 48.1 Å². The molecular formula is C19H36N4O6S2. The minimum Gasteiger partial charge on any atom is -0.481 e. The lowest BCUT2D eigenvalue weighted by atomic mass is 10.1. The molecule has 0 aliphatic heterocycles. The van der Waals surface area contributed by atoms with Crippen LogP contribution in [-0.4, -0.2) is 82.1 Å². The molecule has 6 N–H and O–H groups in total. The van der Waals surface area contributed by atoms with Gasteiger partial charge < -0.3 is 26.2 Å². The molecule has 0 aliphatic carbocycles. The van der Waals surface area contributed by atoms with E-state index < -0.39 is 36.1 Å². The fourth-order valence-electron chi connectivity index (χ4n) is 2.52. The van der Waals surface area contributed by atoms with Crippen LogP contribution in [0.1, 0.15) is 47.0 Å². The minimum atomic E-state index is -1.03. The van der Waals surface area contributed by atoms with Crippen LogP contribution in [-0.2, 0) is 19.2 Å². The molecule has 0 fully saturated rings. The molecule has 4 atom stereocenters. The Morgan fingerprint density at radius 3 is 2.13 bits per heavy atom. The molecular weight excluding hydrogens is 444 g/mol. The number of ketones is 1. The summed E-state index contributed by atoms with van der Waals surface area (Å²) in [6, 6.07) is -1.91. The third kappa shape index (κ3) is 14.4. The van der Waals surface area contributed by atoms with Gasteiger partial charge in [0, 0.05) is 24.8 Å². The van der Waals surface area contributed by atoms with Crippen molar-refractivity contribution in [2.24, 2.45) is 0 Å². The number of carboxylic acids is 1. The zero-order valence-corrected chi connectivity index (χ0v) is 20.2. The van der Waals surface area contributed by atoms with Crippen molar-refractivity contribution in [3.05, 3.63) is 0 Å². The lowest BCUT2D eigenvalue weighted by molar-refractivity contribution is -0.137. The molecule has 0 aromatic rings. The number of thioether (sulfide) groups is 1. The van der Waals surface area contributed by atoms with Crippen LogP contribution in [0, 0.1) is 0 Å². The molecule has 0 rings (SSSR count). The number of carbonyl (C=O) groups is 4. The van der Waals surface area contributed by atoms with E-state index in [-0.39, 0.29) is 37.1 Å². The first-order chi connectivity index (χ1) is 14.5. The molecule has 0 saturated heterocycles. The number of aliphatic carboxylic acids is 1. The zero-order valence-electron chi connectivity index (χ0n) is 18.5. The summed E-state index contributed by atoms with van der Waals surface area (Å²) in [6.07, 6.45) is -0.282. The smallest absolute Gasteiger partial charge is 0.303 e. The Bertz CT molecular complexity index is 592. The maximum atomic E-state index is 12.3. The average Bonchev–Trinajstić information content (AvgIpc) is 2.67. The van der Waals surface area contributed by atoms with Gasteiger partial charge in [0.15, 0.2) is 5.78 Å². The standard InChI is InChI=1S/C19H36N4O6S2/c1-11(2)21-14(18(28)20-9-12(3)24)7-8-31-10-16(13(4)25)22-19(29)15(23-30)5-6-17(26)27/h11-12,14-16,21,23-24,30H,5-10H2,1-4H3,(H,20,28)(H,22,29)(H,26,27)/t12-,14+,15+,16+/m1/s1. The number of nitrogens with one attached hydrogen (secondary N) is 4. The second kappa shape index (κ2) is 16.3. The first-order valence-corrected chi connectivity index (χ1v) is 11.8. The summed E-state index contributed by atoms with van der Waals surface area (Å²) in [7, 11) is 0. The topological polar surface area (TPSA) is 157 Å². The number of carboxylic acid groups (broad SMARTS) is 1. The number of Topliss-reactive ketones (excluding diaryl/α,β-unsaturated/α-hetero) is 1. The highest BCUT2D eigenvalue weighted by Crippen LogP contribution is 2.10. The molecule has 0 saturated carbocycles. The molecule has 0 spiro atoms. The Hall–Kier alpha value is -1.34. The number of hydrogen-bond donors (Lipinski definition) is 7. The van der Waals surface area contributed by atoms with Gasteiger partial charge in [-0.15, -0.1) is 0 Å². The Labute approximate surface area is 193 Å². The van der Waals surface area contributed by atoms with Gasteiger partial charge in [0.2, 0.25) is 11.8 Å². The molecule has 180 valence electrons. The van der Waals surface area contributed by atoms with E-state index in [1.165, 1.54) is 18.7 Å². The van der Waals surface area contributed by atoms with Crippen molar-refractivity contribution in [1.29, 1.82) is 0 Å². The van der Waals surface area contributed by atoms with Gasteiger partial charge in [-0.1, -0.05) is 26.7 Å². The van der Waals surface area contributed by atoms with Crippen LogP contribution in [0.2, 0.25) is 0 Å². The summed E-state index contributed by atoms with van der Waals surface area (Å²) in [4.78, 5) is 47.3. The van der Waals surface area contributed by atoms with Crippen molar-refractivity contribution < 1.29 is 29.4 Å². The molecule has 0 heterocycles. The third-order valence-electron chi connectivity index (χ3n) is 4.18. The lowest BCUT2D eigenvalue weighted by Crippen LogP contribution is -2.49. The number of hydrogen-bond acceptors (Lipinski definition) is 9. The summed E-state index contributed by atoms with van der Waals surface area (Å²) in [6.45, 7) is 6.99. The van der Waals surface area contributed by atoms with Gasteiger partial charge in [0.05, 0.1) is 24.2 Å². The number of amides is 2. The van der Waals surface area contributed by atoms with Crippen LogP contribution in [0.3, 0.4) is 0 Å². The van der Waals surface area contributed by atoms with Crippen LogP contribution >= 0.6 is 24.6 Å². The van der Waals surface area contributed by atoms with Gasteiger partial charge in [-0.05, 0) is 32.4 Å². The summed E-state index contributed by atoms with van der Waals surface area (Å²) in [5.41, 5.74) is 0. The van der Waals surface area contributed by atoms with E-state index in [0.717, 1.165) is 0 Å². The molecule has 0 aromatic heterocycles. The predicted molar refractivity (Wildman–Crippen MR) is 124 cm³/mol. The van der Waals surface area contributed by atoms with Crippen molar-refractivity contribution in [1.82, 2.24) is 20.7 Å². The highest BCUT2D eigenvalue weighted by molar-refractivity contribution is 7.99. The maximum absolute atomic E-state index is 12.3. The molecule has 10 nitrogen and oxygen atoms in total. The van der Waals surface area contributed by atoms with Gasteiger partial charge in [0.25, 0.3) is 0 Å². The van der Waals surface area contributed by atoms with Gasteiger partial charge in [-0.3, -0.25) is 23.9 Å². The molecule has 0 radical (unpaired) electrons. The molecule has 0 unspecified atom stereocenters. The first-order valence-electron chi connectivity index (χ1n) is 10.2. The largest absolute Gasteiger partial charge is 0.481 e. The van der Waals surface area contributed by atoms with Crippen LogP contribution < -0.4 is 20.7 Å². The highest BCUT2D eigenvalue weighted by atomic mass is 32.2. The molecule has 0 aliphatic rings. The summed E-state index contributed by atoms with van der Waals surface area (Å²) in [5.74, 6) is -1.05. The summed E-state index contributed by atoms with van der Waals surface area (Å²) in [5, 5.41) is 26.6. The zero-order chi connectivity index (χ0) is 24.0. The first kappa shape index (κ1) is 29.7. The number of aliphatic hydroxyl groups is 1. The van der Waals surface area contributed by atoms with Crippen molar-refractivity contribution in [2.75, 3.05) is 18.1 Å². The monoisotopic (exact) mass is 480 g/mol. The molecule has 2 amide bonds. The number of rotatable bonds is 17. The van der Waals surface area contributed by atoms with E-state index in [4.69, 9.17) is 5.11 Å². The fourth-order valence-corrected chi connectivity index (χ4v) is 3.89.